The van der Waals surface area contributed by atoms with Gasteiger partial charge in [-0.1, -0.05) is 53.0 Å². The maximum Gasteiger partial charge on any atom is 0.323 e. The van der Waals surface area contributed by atoms with Crippen molar-refractivity contribution in [3.63, 3.8) is 0 Å². The van der Waals surface area contributed by atoms with Crippen molar-refractivity contribution in [3.05, 3.63) is 98.0 Å². The fourth-order valence-electron chi connectivity index (χ4n) is 4.19. The molecule has 1 amide bonds. The minimum absolute atomic E-state index is 0.0872. The molecule has 0 bridgehead atoms. The van der Waals surface area contributed by atoms with Crippen LogP contribution >= 0.6 is 34.8 Å². The van der Waals surface area contributed by atoms with E-state index in [1.807, 2.05) is 31.2 Å². The molecule has 34 heavy (non-hydrogen) atoms. The number of amides is 1. The molecule has 176 valence electrons. The molecule has 0 saturated carbocycles. The standard InChI is InChI=1S/C26H22Cl3NO4/c1-26(12-16-2-6-20(27)7-3-16)13-19-11-18(5-9-23(19)34-26)25(33)30(15-24(31)32)14-17-4-8-21(28)22(29)10-17/h2-11H,12-15H2,1H3,(H,31,32)/t26-/m0/s1. The van der Waals surface area contributed by atoms with E-state index in [0.717, 1.165) is 16.9 Å². The van der Waals surface area contributed by atoms with Gasteiger partial charge in [0.2, 0.25) is 0 Å². The van der Waals surface area contributed by atoms with Crippen LogP contribution in [0.1, 0.15) is 34.0 Å². The van der Waals surface area contributed by atoms with Gasteiger partial charge < -0.3 is 14.7 Å². The number of hydrogen-bond acceptors (Lipinski definition) is 3. The summed E-state index contributed by atoms with van der Waals surface area (Å²) >= 11 is 18.0. The second kappa shape index (κ2) is 9.87. The number of aliphatic carboxylic acids is 1. The normalized spacial score (nSPS) is 16.6. The van der Waals surface area contributed by atoms with Crippen LogP contribution in [-0.2, 0) is 24.2 Å². The number of carboxylic acid groups (broad SMARTS) is 1. The van der Waals surface area contributed by atoms with Gasteiger partial charge in [-0.3, -0.25) is 9.59 Å². The summed E-state index contributed by atoms with van der Waals surface area (Å²) < 4.78 is 6.23. The predicted molar refractivity (Wildman–Crippen MR) is 133 cm³/mol. The van der Waals surface area contributed by atoms with E-state index in [-0.39, 0.29) is 12.5 Å². The van der Waals surface area contributed by atoms with Crippen molar-refractivity contribution in [2.45, 2.75) is 31.9 Å². The molecule has 4 rings (SSSR count). The van der Waals surface area contributed by atoms with Crippen LogP contribution in [0.3, 0.4) is 0 Å². The van der Waals surface area contributed by atoms with Crippen molar-refractivity contribution in [1.29, 1.82) is 0 Å². The van der Waals surface area contributed by atoms with E-state index in [4.69, 9.17) is 39.5 Å². The third kappa shape index (κ3) is 5.66. The third-order valence-corrected chi connectivity index (χ3v) is 6.68. The van der Waals surface area contributed by atoms with Crippen LogP contribution in [0, 0.1) is 0 Å². The van der Waals surface area contributed by atoms with Crippen molar-refractivity contribution < 1.29 is 19.4 Å². The number of fused-ring (bicyclic) bond motifs is 1. The smallest absolute Gasteiger partial charge is 0.323 e. The summed E-state index contributed by atoms with van der Waals surface area (Å²) in [7, 11) is 0. The van der Waals surface area contributed by atoms with Crippen molar-refractivity contribution >= 4 is 46.7 Å². The number of carboxylic acids is 1. The van der Waals surface area contributed by atoms with Crippen molar-refractivity contribution in [1.82, 2.24) is 4.90 Å². The molecule has 0 saturated heterocycles. The summed E-state index contributed by atoms with van der Waals surface area (Å²) in [5.74, 6) is -0.765. The van der Waals surface area contributed by atoms with Crippen molar-refractivity contribution in [2.24, 2.45) is 0 Å². The molecule has 0 radical (unpaired) electrons. The summed E-state index contributed by atoms with van der Waals surface area (Å²) in [6, 6.07) is 17.8. The lowest BCUT2D eigenvalue weighted by atomic mass is 9.91. The first-order valence-electron chi connectivity index (χ1n) is 10.6. The van der Waals surface area contributed by atoms with E-state index in [0.29, 0.717) is 39.0 Å². The number of carbonyl (C=O) groups is 2. The van der Waals surface area contributed by atoms with Crippen LogP contribution in [0.25, 0.3) is 0 Å². The lowest BCUT2D eigenvalue weighted by Gasteiger charge is -2.24. The maximum absolute atomic E-state index is 13.3. The highest BCUT2D eigenvalue weighted by molar-refractivity contribution is 6.42. The number of ether oxygens (including phenoxy) is 1. The predicted octanol–water partition coefficient (Wildman–Crippen LogP) is 6.31. The van der Waals surface area contributed by atoms with Gasteiger partial charge in [0.25, 0.3) is 5.91 Å². The minimum atomic E-state index is -1.10. The highest BCUT2D eigenvalue weighted by Gasteiger charge is 2.35. The first kappa shape index (κ1) is 24.4. The molecule has 8 heteroatoms. The number of rotatable bonds is 7. The van der Waals surface area contributed by atoms with Gasteiger partial charge in [0.1, 0.15) is 17.9 Å². The number of nitrogens with zero attached hydrogens (tertiary/aromatic N) is 1. The first-order chi connectivity index (χ1) is 16.1. The average molecular weight is 519 g/mol. The Hall–Kier alpha value is -2.73. The SMILES string of the molecule is C[C@]1(Cc2ccc(Cl)cc2)Cc2cc(C(=O)N(CC(=O)O)Cc3ccc(Cl)c(Cl)c3)ccc2O1. The van der Waals surface area contributed by atoms with Gasteiger partial charge in [-0.15, -0.1) is 0 Å². The summed E-state index contributed by atoms with van der Waals surface area (Å²) in [5.41, 5.74) is 2.64. The molecule has 5 nitrogen and oxygen atoms in total. The molecule has 0 aliphatic carbocycles. The second-order valence-electron chi connectivity index (χ2n) is 8.66. The molecule has 1 aliphatic heterocycles. The Balaban J connectivity index is 1.53. The number of benzene rings is 3. The van der Waals surface area contributed by atoms with E-state index in [1.165, 1.54) is 4.90 Å². The minimum Gasteiger partial charge on any atom is -0.487 e. The number of halogens is 3. The van der Waals surface area contributed by atoms with Gasteiger partial charge in [0.15, 0.2) is 0 Å². The summed E-state index contributed by atoms with van der Waals surface area (Å²) in [6.45, 7) is 1.68. The van der Waals surface area contributed by atoms with Gasteiger partial charge in [0.05, 0.1) is 10.0 Å². The molecule has 1 heterocycles. The van der Waals surface area contributed by atoms with Gasteiger partial charge in [-0.2, -0.15) is 0 Å². The van der Waals surface area contributed by atoms with E-state index in [2.05, 4.69) is 0 Å². The lowest BCUT2D eigenvalue weighted by Crippen LogP contribution is -2.35. The molecule has 3 aromatic rings. The first-order valence-corrected chi connectivity index (χ1v) is 11.8. The fraction of sp³-hybridized carbons (Fsp3) is 0.231. The third-order valence-electron chi connectivity index (χ3n) is 5.69. The maximum atomic E-state index is 13.3. The zero-order valence-electron chi connectivity index (χ0n) is 18.4. The zero-order chi connectivity index (χ0) is 24.5. The highest BCUT2D eigenvalue weighted by Crippen LogP contribution is 2.38. The zero-order valence-corrected chi connectivity index (χ0v) is 20.6. The summed E-state index contributed by atoms with van der Waals surface area (Å²) in [4.78, 5) is 26.0. The second-order valence-corrected chi connectivity index (χ2v) is 9.91. The van der Waals surface area contributed by atoms with Gasteiger partial charge in [-0.05, 0) is 66.1 Å². The van der Waals surface area contributed by atoms with E-state index in [9.17, 15) is 14.7 Å². The molecule has 0 aromatic heterocycles. The van der Waals surface area contributed by atoms with E-state index >= 15 is 0 Å². The molecule has 0 unspecified atom stereocenters. The summed E-state index contributed by atoms with van der Waals surface area (Å²) in [5, 5.41) is 10.8. The largest absolute Gasteiger partial charge is 0.487 e. The van der Waals surface area contributed by atoms with Crippen molar-refractivity contribution in [3.8, 4) is 5.75 Å². The van der Waals surface area contributed by atoms with Gasteiger partial charge >= 0.3 is 5.97 Å². The Morgan fingerprint density at radius 2 is 1.68 bits per heavy atom. The number of hydrogen-bond donors (Lipinski definition) is 1. The topological polar surface area (TPSA) is 66.8 Å². The molecule has 1 N–H and O–H groups in total. The summed E-state index contributed by atoms with van der Waals surface area (Å²) in [6.07, 6.45) is 1.31. The molecule has 1 aliphatic rings. The van der Waals surface area contributed by atoms with Crippen LogP contribution in [-0.4, -0.2) is 34.0 Å². The Morgan fingerprint density at radius 3 is 2.35 bits per heavy atom. The molecular weight excluding hydrogens is 497 g/mol. The Morgan fingerprint density at radius 1 is 0.971 bits per heavy atom. The molecule has 0 spiro atoms. The van der Waals surface area contributed by atoms with Gasteiger partial charge in [0, 0.05) is 30.0 Å². The van der Waals surface area contributed by atoms with Crippen molar-refractivity contribution in [2.75, 3.05) is 6.54 Å². The monoisotopic (exact) mass is 517 g/mol. The highest BCUT2D eigenvalue weighted by atomic mass is 35.5. The van der Waals surface area contributed by atoms with Crippen LogP contribution in [0.5, 0.6) is 5.75 Å². The quantitative estimate of drug-likeness (QED) is 0.398. The number of carbonyl (C=O) groups excluding carboxylic acids is 1. The Bertz CT molecular complexity index is 1250. The lowest BCUT2D eigenvalue weighted by molar-refractivity contribution is -0.137. The Labute approximate surface area is 212 Å². The van der Waals surface area contributed by atoms with E-state index < -0.39 is 18.1 Å². The van der Waals surface area contributed by atoms with E-state index in [1.54, 1.807) is 36.4 Å². The van der Waals surface area contributed by atoms with Gasteiger partial charge in [-0.25, -0.2) is 0 Å². The van der Waals surface area contributed by atoms with Crippen LogP contribution in [0.2, 0.25) is 15.1 Å². The Kier molecular flexibility index (Phi) is 7.08. The molecule has 1 atom stereocenters. The van der Waals surface area contributed by atoms with Crippen LogP contribution in [0.4, 0.5) is 0 Å². The fourth-order valence-corrected chi connectivity index (χ4v) is 4.64. The molecule has 0 fully saturated rings. The molecular formula is C26H22Cl3NO4. The average Bonchev–Trinajstić information content (AvgIpc) is 3.11. The molecule has 3 aromatic carbocycles. The van der Waals surface area contributed by atoms with Crippen LogP contribution < -0.4 is 4.74 Å². The van der Waals surface area contributed by atoms with Crippen LogP contribution in [0.15, 0.2) is 60.7 Å².